The van der Waals surface area contributed by atoms with Crippen molar-refractivity contribution in [3.05, 3.63) is 35.4 Å². The van der Waals surface area contributed by atoms with E-state index in [0.717, 1.165) is 30.5 Å². The van der Waals surface area contributed by atoms with Gasteiger partial charge in [-0.3, -0.25) is 4.79 Å². The van der Waals surface area contributed by atoms with Gasteiger partial charge in [-0.2, -0.15) is 0 Å². The van der Waals surface area contributed by atoms with Gasteiger partial charge in [0.1, 0.15) is 0 Å². The van der Waals surface area contributed by atoms with Gasteiger partial charge in [0.25, 0.3) is 0 Å². The predicted octanol–water partition coefficient (Wildman–Crippen LogP) is 1.76. The van der Waals surface area contributed by atoms with Crippen molar-refractivity contribution in [2.24, 2.45) is 5.92 Å². The van der Waals surface area contributed by atoms with Crippen LogP contribution in [-0.2, 0) is 27.3 Å². The summed E-state index contributed by atoms with van der Waals surface area (Å²) in [6.45, 7) is 2.51. The van der Waals surface area contributed by atoms with E-state index in [1.807, 2.05) is 29.2 Å². The molecule has 2 fully saturated rings. The molecule has 2 heterocycles. The van der Waals surface area contributed by atoms with Crippen molar-refractivity contribution >= 4 is 5.91 Å². The fourth-order valence-corrected chi connectivity index (χ4v) is 3.94. The van der Waals surface area contributed by atoms with Crippen LogP contribution in [0.25, 0.3) is 0 Å². The first-order valence-electron chi connectivity index (χ1n) is 8.81. The largest absolute Gasteiger partial charge is 0.393 e. The Balaban J connectivity index is 1.66. The van der Waals surface area contributed by atoms with Gasteiger partial charge in [0.05, 0.1) is 25.7 Å². The first-order chi connectivity index (χ1) is 11.7. The number of hydrogen-bond donors (Lipinski definition) is 1. The Bertz CT molecular complexity index is 562. The first-order valence-corrected chi connectivity index (χ1v) is 8.81. The molecular weight excluding hydrogens is 306 g/mol. The van der Waals surface area contributed by atoms with Crippen LogP contribution in [0.2, 0.25) is 0 Å². The molecule has 132 valence electrons. The molecule has 1 aromatic carbocycles. The van der Waals surface area contributed by atoms with Crippen LogP contribution in [-0.4, -0.2) is 54.9 Å². The Labute approximate surface area is 143 Å². The van der Waals surface area contributed by atoms with Gasteiger partial charge in [-0.1, -0.05) is 24.3 Å². The molecule has 0 radical (unpaired) electrons. The van der Waals surface area contributed by atoms with Gasteiger partial charge in [0.2, 0.25) is 5.91 Å². The zero-order chi connectivity index (χ0) is 16.9. The zero-order valence-electron chi connectivity index (χ0n) is 14.3. The molecule has 0 saturated carbocycles. The molecule has 1 N–H and O–H groups in total. The average molecular weight is 333 g/mol. The topological polar surface area (TPSA) is 59.0 Å². The highest BCUT2D eigenvalue weighted by atomic mass is 16.5. The van der Waals surface area contributed by atoms with E-state index in [9.17, 15) is 9.90 Å². The second-order valence-electron chi connectivity index (χ2n) is 6.82. The molecule has 0 aromatic heterocycles. The van der Waals surface area contributed by atoms with E-state index in [-0.39, 0.29) is 24.0 Å². The van der Waals surface area contributed by atoms with Gasteiger partial charge in [-0.15, -0.1) is 0 Å². The molecular formula is C19H27NO4. The molecule has 1 aromatic rings. The van der Waals surface area contributed by atoms with E-state index in [4.69, 9.17) is 9.47 Å². The van der Waals surface area contributed by atoms with Crippen LogP contribution >= 0.6 is 0 Å². The Morgan fingerprint density at radius 2 is 2.21 bits per heavy atom. The predicted molar refractivity (Wildman–Crippen MR) is 90.5 cm³/mol. The lowest BCUT2D eigenvalue weighted by Crippen LogP contribution is -2.48. The maximum absolute atomic E-state index is 12.8. The third-order valence-electron chi connectivity index (χ3n) is 5.13. The maximum Gasteiger partial charge on any atom is 0.227 e. The minimum absolute atomic E-state index is 0.0463. The first kappa shape index (κ1) is 17.4. The molecule has 24 heavy (non-hydrogen) atoms. The second kappa shape index (κ2) is 8.10. The summed E-state index contributed by atoms with van der Waals surface area (Å²) >= 11 is 0. The Morgan fingerprint density at radius 3 is 3.00 bits per heavy atom. The minimum Gasteiger partial charge on any atom is -0.393 e. The van der Waals surface area contributed by atoms with Crippen LogP contribution in [0.4, 0.5) is 0 Å². The van der Waals surface area contributed by atoms with Gasteiger partial charge in [0, 0.05) is 32.2 Å². The molecule has 0 spiro atoms. The monoisotopic (exact) mass is 333 g/mol. The van der Waals surface area contributed by atoms with Crippen molar-refractivity contribution in [1.82, 2.24) is 4.90 Å². The molecule has 2 aliphatic rings. The SMILES string of the molecule is COCc1cccc(CC(=O)N2CCCC2C2COCCC2O)c1. The van der Waals surface area contributed by atoms with Crippen molar-refractivity contribution in [2.45, 2.75) is 44.4 Å². The van der Waals surface area contributed by atoms with Crippen LogP contribution in [0.5, 0.6) is 0 Å². The molecule has 3 atom stereocenters. The van der Waals surface area contributed by atoms with Crippen LogP contribution < -0.4 is 0 Å². The number of rotatable bonds is 5. The van der Waals surface area contributed by atoms with Gasteiger partial charge in [-0.05, 0) is 30.4 Å². The van der Waals surface area contributed by atoms with Gasteiger partial charge >= 0.3 is 0 Å². The molecule has 3 unspecified atom stereocenters. The number of nitrogens with zero attached hydrogens (tertiary/aromatic N) is 1. The molecule has 3 rings (SSSR count). The summed E-state index contributed by atoms with van der Waals surface area (Å²) in [5.74, 6) is 0.190. The number of ether oxygens (including phenoxy) is 2. The van der Waals surface area contributed by atoms with E-state index in [1.165, 1.54) is 0 Å². The third-order valence-corrected chi connectivity index (χ3v) is 5.13. The van der Waals surface area contributed by atoms with E-state index in [2.05, 4.69) is 0 Å². The summed E-state index contributed by atoms with van der Waals surface area (Å²) in [5, 5.41) is 10.3. The maximum atomic E-state index is 12.8. The third kappa shape index (κ3) is 3.97. The molecule has 5 heteroatoms. The van der Waals surface area contributed by atoms with Gasteiger partial charge < -0.3 is 19.5 Å². The lowest BCUT2D eigenvalue weighted by atomic mass is 9.89. The highest BCUT2D eigenvalue weighted by Gasteiger charge is 2.39. The fourth-order valence-electron chi connectivity index (χ4n) is 3.94. The van der Waals surface area contributed by atoms with E-state index in [0.29, 0.717) is 32.7 Å². The zero-order valence-corrected chi connectivity index (χ0v) is 14.3. The number of carbonyl (C=O) groups is 1. The summed E-state index contributed by atoms with van der Waals surface area (Å²) in [6.07, 6.45) is 2.67. The lowest BCUT2D eigenvalue weighted by molar-refractivity contribution is -0.135. The van der Waals surface area contributed by atoms with Crippen molar-refractivity contribution in [3.63, 3.8) is 0 Å². The van der Waals surface area contributed by atoms with Crippen LogP contribution in [0, 0.1) is 5.92 Å². The van der Waals surface area contributed by atoms with Crippen LogP contribution in [0.15, 0.2) is 24.3 Å². The molecule has 0 aliphatic carbocycles. The number of amides is 1. The lowest BCUT2D eigenvalue weighted by Gasteiger charge is -2.37. The van der Waals surface area contributed by atoms with E-state index in [1.54, 1.807) is 7.11 Å². The number of likely N-dealkylation sites (tertiary alicyclic amines) is 1. The molecule has 5 nitrogen and oxygen atoms in total. The number of carbonyl (C=O) groups excluding carboxylic acids is 1. The molecule has 2 aliphatic heterocycles. The van der Waals surface area contributed by atoms with E-state index >= 15 is 0 Å². The molecule has 1 amide bonds. The van der Waals surface area contributed by atoms with Gasteiger partial charge in [0.15, 0.2) is 0 Å². The number of aliphatic hydroxyl groups is 1. The molecule has 2 saturated heterocycles. The fraction of sp³-hybridized carbons (Fsp3) is 0.632. The number of hydrogen-bond acceptors (Lipinski definition) is 4. The summed E-state index contributed by atoms with van der Waals surface area (Å²) in [5.41, 5.74) is 2.09. The van der Waals surface area contributed by atoms with Crippen molar-refractivity contribution in [3.8, 4) is 0 Å². The number of benzene rings is 1. The highest BCUT2D eigenvalue weighted by Crippen LogP contribution is 2.30. The van der Waals surface area contributed by atoms with Crippen molar-refractivity contribution in [2.75, 3.05) is 26.9 Å². The highest BCUT2D eigenvalue weighted by molar-refractivity contribution is 5.79. The quantitative estimate of drug-likeness (QED) is 0.892. The average Bonchev–Trinajstić information content (AvgIpc) is 3.05. The summed E-state index contributed by atoms with van der Waals surface area (Å²) in [6, 6.07) is 8.10. The Kier molecular flexibility index (Phi) is 5.87. The Morgan fingerprint density at radius 1 is 1.38 bits per heavy atom. The number of methoxy groups -OCH3 is 1. The Hall–Kier alpha value is -1.43. The minimum atomic E-state index is -0.359. The summed E-state index contributed by atoms with van der Waals surface area (Å²) in [7, 11) is 1.67. The van der Waals surface area contributed by atoms with E-state index < -0.39 is 0 Å². The number of aliphatic hydroxyl groups excluding tert-OH is 1. The standard InChI is InChI=1S/C19H27NO4/c1-23-12-15-5-2-4-14(10-15)11-19(22)20-8-3-6-17(20)16-13-24-9-7-18(16)21/h2,4-5,10,16-18,21H,3,6-9,11-13H2,1H3. The summed E-state index contributed by atoms with van der Waals surface area (Å²) < 4.78 is 10.7. The van der Waals surface area contributed by atoms with Crippen LogP contribution in [0.1, 0.15) is 30.4 Å². The van der Waals surface area contributed by atoms with Crippen molar-refractivity contribution in [1.29, 1.82) is 0 Å². The normalized spacial score (nSPS) is 27.4. The smallest absolute Gasteiger partial charge is 0.227 e. The van der Waals surface area contributed by atoms with Gasteiger partial charge in [-0.25, -0.2) is 0 Å². The van der Waals surface area contributed by atoms with Crippen LogP contribution in [0.3, 0.4) is 0 Å². The van der Waals surface area contributed by atoms with Crippen molar-refractivity contribution < 1.29 is 19.4 Å². The second-order valence-corrected chi connectivity index (χ2v) is 6.82. The summed E-state index contributed by atoms with van der Waals surface area (Å²) in [4.78, 5) is 14.8. The molecule has 0 bridgehead atoms.